The lowest BCUT2D eigenvalue weighted by atomic mass is 9.90. The molecule has 0 unspecified atom stereocenters. The maximum atomic E-state index is 13.4. The van der Waals surface area contributed by atoms with Gasteiger partial charge in [0.2, 0.25) is 11.9 Å². The molecule has 2 saturated heterocycles. The molecule has 0 radical (unpaired) electrons. The first-order valence-corrected chi connectivity index (χ1v) is 13.7. The van der Waals surface area contributed by atoms with Crippen LogP contribution in [-0.4, -0.2) is 56.6 Å². The standard InChI is InChI=1S/C27H39N7O/c1-27(2)12-11-18(17-27)21-16-23(32-31-21)29-24-19-8-6-9-20(19)28-26(30-24)34-15-7-10-22(34)25(35)33-13-4-3-5-14-33/h16,18,22H,3-15,17H2,1-2H3,(H2,28,29,30,31,32)/t18-,22-/m0/s1. The van der Waals surface area contributed by atoms with Gasteiger partial charge in [0.05, 0.1) is 5.69 Å². The molecule has 0 aromatic carbocycles. The van der Waals surface area contributed by atoms with Crippen molar-refractivity contribution in [1.82, 2.24) is 25.1 Å². The number of nitrogens with zero attached hydrogens (tertiary/aromatic N) is 5. The van der Waals surface area contributed by atoms with Crippen LogP contribution in [0.1, 0.15) is 94.5 Å². The van der Waals surface area contributed by atoms with Gasteiger partial charge in [0, 0.05) is 42.9 Å². The van der Waals surface area contributed by atoms with E-state index in [4.69, 9.17) is 9.97 Å². The topological polar surface area (TPSA) is 90.0 Å². The molecule has 4 aliphatic rings. The van der Waals surface area contributed by atoms with Gasteiger partial charge >= 0.3 is 0 Å². The molecule has 1 amide bonds. The van der Waals surface area contributed by atoms with E-state index in [2.05, 4.69) is 45.2 Å². The number of aryl methyl sites for hydroxylation is 1. The summed E-state index contributed by atoms with van der Waals surface area (Å²) in [6.07, 6.45) is 12.1. The number of amides is 1. The molecule has 2 aromatic rings. The van der Waals surface area contributed by atoms with Crippen LogP contribution in [0.2, 0.25) is 0 Å². The van der Waals surface area contributed by atoms with E-state index >= 15 is 0 Å². The minimum atomic E-state index is -0.136. The summed E-state index contributed by atoms with van der Waals surface area (Å²) >= 11 is 0. The van der Waals surface area contributed by atoms with E-state index in [-0.39, 0.29) is 11.9 Å². The van der Waals surface area contributed by atoms with E-state index in [9.17, 15) is 4.79 Å². The summed E-state index contributed by atoms with van der Waals surface area (Å²) < 4.78 is 0. The van der Waals surface area contributed by atoms with Crippen molar-refractivity contribution in [3.8, 4) is 0 Å². The minimum absolute atomic E-state index is 0.136. The van der Waals surface area contributed by atoms with Crippen LogP contribution in [0.25, 0.3) is 0 Å². The first-order valence-electron chi connectivity index (χ1n) is 13.7. The molecule has 2 N–H and O–H groups in total. The van der Waals surface area contributed by atoms with Crippen molar-refractivity contribution in [2.75, 3.05) is 29.9 Å². The molecule has 2 atom stereocenters. The summed E-state index contributed by atoms with van der Waals surface area (Å²) in [7, 11) is 0. The lowest BCUT2D eigenvalue weighted by Gasteiger charge is -2.32. The summed E-state index contributed by atoms with van der Waals surface area (Å²) in [6.45, 7) is 7.33. The van der Waals surface area contributed by atoms with E-state index in [1.807, 2.05) is 0 Å². The maximum Gasteiger partial charge on any atom is 0.245 e. The van der Waals surface area contributed by atoms with Gasteiger partial charge < -0.3 is 15.1 Å². The molecule has 0 bridgehead atoms. The van der Waals surface area contributed by atoms with Gasteiger partial charge in [-0.15, -0.1) is 0 Å². The average molecular weight is 478 g/mol. The van der Waals surface area contributed by atoms with Crippen molar-refractivity contribution < 1.29 is 4.79 Å². The SMILES string of the molecule is CC1(C)CC[C@H](c2cc(Nc3nc(N4CCC[C@H]4C(=O)N4CCCCC4)nc4c3CCC4)n[nH]2)C1. The second-order valence-corrected chi connectivity index (χ2v) is 11.8. The Morgan fingerprint density at radius 2 is 1.91 bits per heavy atom. The molecule has 8 heteroatoms. The first kappa shape index (κ1) is 22.8. The Balaban J connectivity index is 1.24. The highest BCUT2D eigenvalue weighted by Gasteiger charge is 2.37. The number of anilines is 3. The van der Waals surface area contributed by atoms with Gasteiger partial charge in [-0.05, 0) is 76.0 Å². The highest BCUT2D eigenvalue weighted by atomic mass is 16.2. The summed E-state index contributed by atoms with van der Waals surface area (Å²) in [5.41, 5.74) is 3.96. The highest BCUT2D eigenvalue weighted by molar-refractivity contribution is 5.85. The molecule has 0 spiro atoms. The van der Waals surface area contributed by atoms with Crippen LogP contribution in [0.3, 0.4) is 0 Å². The van der Waals surface area contributed by atoms with Crippen molar-refractivity contribution in [2.24, 2.45) is 5.41 Å². The molecule has 3 fully saturated rings. The minimum Gasteiger partial charge on any atom is -0.341 e. The number of likely N-dealkylation sites (tertiary alicyclic amines) is 1. The molecule has 2 aliphatic carbocycles. The van der Waals surface area contributed by atoms with Gasteiger partial charge in [0.15, 0.2) is 5.82 Å². The Morgan fingerprint density at radius 3 is 2.71 bits per heavy atom. The summed E-state index contributed by atoms with van der Waals surface area (Å²) in [5, 5.41) is 11.4. The third-order valence-corrected chi connectivity index (χ3v) is 8.64. The largest absolute Gasteiger partial charge is 0.341 e. The van der Waals surface area contributed by atoms with Gasteiger partial charge in [0.1, 0.15) is 11.9 Å². The van der Waals surface area contributed by atoms with E-state index in [1.165, 1.54) is 36.9 Å². The number of carbonyl (C=O) groups excluding carboxylic acids is 1. The number of hydrogen-bond donors (Lipinski definition) is 2. The van der Waals surface area contributed by atoms with Gasteiger partial charge in [-0.2, -0.15) is 10.1 Å². The zero-order valence-corrected chi connectivity index (χ0v) is 21.3. The van der Waals surface area contributed by atoms with Gasteiger partial charge in [0.25, 0.3) is 0 Å². The lowest BCUT2D eigenvalue weighted by molar-refractivity contribution is -0.133. The average Bonchev–Trinajstić information content (AvgIpc) is 3.65. The third kappa shape index (κ3) is 4.52. The molecule has 2 aromatic heterocycles. The third-order valence-electron chi connectivity index (χ3n) is 8.64. The Morgan fingerprint density at radius 1 is 1.06 bits per heavy atom. The molecule has 2 aliphatic heterocycles. The number of aromatic nitrogens is 4. The Kier molecular flexibility index (Phi) is 5.93. The number of nitrogens with one attached hydrogen (secondary N) is 2. The van der Waals surface area contributed by atoms with Gasteiger partial charge in [-0.1, -0.05) is 13.8 Å². The second-order valence-electron chi connectivity index (χ2n) is 11.8. The lowest BCUT2D eigenvalue weighted by Crippen LogP contribution is -2.48. The van der Waals surface area contributed by atoms with Crippen LogP contribution in [0.5, 0.6) is 0 Å². The van der Waals surface area contributed by atoms with E-state index in [1.54, 1.807) is 0 Å². The van der Waals surface area contributed by atoms with Gasteiger partial charge in [-0.25, -0.2) is 4.98 Å². The van der Waals surface area contributed by atoms with Crippen LogP contribution in [0.15, 0.2) is 6.07 Å². The van der Waals surface area contributed by atoms with Crippen LogP contribution in [0, 0.1) is 5.41 Å². The normalized spacial score (nSPS) is 25.8. The summed E-state index contributed by atoms with van der Waals surface area (Å²) in [5.74, 6) is 3.20. The van der Waals surface area contributed by atoms with E-state index in [0.717, 1.165) is 81.9 Å². The molecule has 6 rings (SSSR count). The smallest absolute Gasteiger partial charge is 0.245 e. The zero-order chi connectivity index (χ0) is 24.0. The van der Waals surface area contributed by atoms with Crippen LogP contribution >= 0.6 is 0 Å². The van der Waals surface area contributed by atoms with Crippen LogP contribution < -0.4 is 10.2 Å². The highest BCUT2D eigenvalue weighted by Crippen LogP contribution is 2.45. The van der Waals surface area contributed by atoms with Gasteiger partial charge in [-0.3, -0.25) is 9.89 Å². The second kappa shape index (κ2) is 9.10. The number of fused-ring (bicyclic) bond motifs is 1. The Hall–Kier alpha value is -2.64. The first-order chi connectivity index (χ1) is 17.0. The van der Waals surface area contributed by atoms with Crippen molar-refractivity contribution in [3.05, 3.63) is 23.0 Å². The predicted octanol–water partition coefficient (Wildman–Crippen LogP) is 4.71. The molecule has 188 valence electrons. The number of rotatable bonds is 5. The molecule has 35 heavy (non-hydrogen) atoms. The Bertz CT molecular complexity index is 1090. The molecule has 8 nitrogen and oxygen atoms in total. The fourth-order valence-electron chi connectivity index (χ4n) is 6.67. The zero-order valence-electron chi connectivity index (χ0n) is 21.3. The number of piperidine rings is 1. The quantitative estimate of drug-likeness (QED) is 0.648. The maximum absolute atomic E-state index is 13.4. The molecular formula is C27H39N7O. The monoisotopic (exact) mass is 477 g/mol. The fraction of sp³-hybridized carbons (Fsp3) is 0.704. The van der Waals surface area contributed by atoms with Crippen molar-refractivity contribution in [3.63, 3.8) is 0 Å². The Labute approximate surface area is 208 Å². The molecular weight excluding hydrogens is 438 g/mol. The van der Waals surface area contributed by atoms with E-state index < -0.39 is 0 Å². The summed E-state index contributed by atoms with van der Waals surface area (Å²) in [6, 6.07) is 2.02. The van der Waals surface area contributed by atoms with Crippen LogP contribution in [-0.2, 0) is 17.6 Å². The fourth-order valence-corrected chi connectivity index (χ4v) is 6.67. The predicted molar refractivity (Wildman–Crippen MR) is 137 cm³/mol. The number of H-pyrrole nitrogens is 1. The van der Waals surface area contributed by atoms with Crippen LogP contribution in [0.4, 0.5) is 17.6 Å². The number of carbonyl (C=O) groups is 1. The van der Waals surface area contributed by atoms with Crippen molar-refractivity contribution in [1.29, 1.82) is 0 Å². The summed E-state index contributed by atoms with van der Waals surface area (Å²) in [4.78, 5) is 27.6. The van der Waals surface area contributed by atoms with Crippen molar-refractivity contribution in [2.45, 2.75) is 96.4 Å². The van der Waals surface area contributed by atoms with E-state index in [0.29, 0.717) is 17.3 Å². The number of aromatic amines is 1. The molecule has 1 saturated carbocycles. The molecule has 4 heterocycles. The number of hydrogen-bond acceptors (Lipinski definition) is 6. The van der Waals surface area contributed by atoms with Crippen molar-refractivity contribution >= 4 is 23.5 Å².